The average Bonchev–Trinajstić information content (AvgIpc) is 2.98. The molecule has 0 atom stereocenters. The molecule has 43 heavy (non-hydrogen) atoms. The molecule has 0 fully saturated rings. The van der Waals surface area contributed by atoms with Gasteiger partial charge < -0.3 is 9.47 Å². The predicted molar refractivity (Wildman–Crippen MR) is 171 cm³/mol. The van der Waals surface area contributed by atoms with Crippen molar-refractivity contribution in [2.75, 3.05) is 17.5 Å². The number of rotatable bonds is 12. The van der Waals surface area contributed by atoms with Crippen molar-refractivity contribution in [3.05, 3.63) is 118 Å². The standard InChI is InChI=1S/C33H34ClN3O5S/c1-5-41-32-19-27(12-17-31(32)42-22-26-10-13-28(34)14-11-26)20-35-36-33(38)21-37(30-18-24(3)6-9-25(30)4)43(39,40)29-15-7-23(2)8-16-29/h6-20H,5,21-22H2,1-4H3,(H,36,38)/b35-20-. The fourth-order valence-electron chi connectivity index (χ4n) is 4.20. The van der Waals surface area contributed by atoms with Gasteiger partial charge in [0, 0.05) is 5.02 Å². The van der Waals surface area contributed by atoms with Gasteiger partial charge in [-0.2, -0.15) is 5.10 Å². The molecule has 0 spiro atoms. The molecule has 224 valence electrons. The first kappa shape index (κ1) is 31.6. The Morgan fingerprint density at radius 1 is 0.884 bits per heavy atom. The smallest absolute Gasteiger partial charge is 0.264 e. The molecule has 0 radical (unpaired) electrons. The largest absolute Gasteiger partial charge is 0.490 e. The summed E-state index contributed by atoms with van der Waals surface area (Å²) >= 11 is 5.96. The van der Waals surface area contributed by atoms with E-state index in [4.69, 9.17) is 21.1 Å². The van der Waals surface area contributed by atoms with Crippen molar-refractivity contribution in [1.82, 2.24) is 5.43 Å². The maximum Gasteiger partial charge on any atom is 0.264 e. The lowest BCUT2D eigenvalue weighted by Crippen LogP contribution is -2.40. The van der Waals surface area contributed by atoms with Crippen LogP contribution in [0.2, 0.25) is 5.02 Å². The van der Waals surface area contributed by atoms with Gasteiger partial charge in [0.05, 0.1) is 23.4 Å². The fourth-order valence-corrected chi connectivity index (χ4v) is 5.81. The summed E-state index contributed by atoms with van der Waals surface area (Å²) in [4.78, 5) is 13.1. The number of nitrogens with one attached hydrogen (secondary N) is 1. The van der Waals surface area contributed by atoms with E-state index in [1.807, 2.05) is 45.0 Å². The molecule has 0 aliphatic carbocycles. The van der Waals surface area contributed by atoms with Crippen molar-refractivity contribution in [2.24, 2.45) is 5.10 Å². The third kappa shape index (κ3) is 8.37. The number of halogens is 1. The molecule has 0 saturated carbocycles. The first-order valence-electron chi connectivity index (χ1n) is 13.7. The third-order valence-corrected chi connectivity index (χ3v) is 8.53. The van der Waals surface area contributed by atoms with Gasteiger partial charge in [-0.1, -0.05) is 53.6 Å². The lowest BCUT2D eigenvalue weighted by molar-refractivity contribution is -0.119. The molecular weight excluding hydrogens is 586 g/mol. The number of hydrazone groups is 1. The maximum atomic E-state index is 13.7. The average molecular weight is 620 g/mol. The molecule has 0 bridgehead atoms. The minimum atomic E-state index is -4.04. The Balaban J connectivity index is 1.49. The van der Waals surface area contributed by atoms with Crippen molar-refractivity contribution < 1.29 is 22.7 Å². The second kappa shape index (κ2) is 14.2. The number of amides is 1. The summed E-state index contributed by atoms with van der Waals surface area (Å²) < 4.78 is 40.2. The van der Waals surface area contributed by atoms with Gasteiger partial charge in [0.25, 0.3) is 15.9 Å². The first-order valence-corrected chi connectivity index (χ1v) is 15.5. The summed E-state index contributed by atoms with van der Waals surface area (Å²) in [5.41, 5.74) is 7.01. The van der Waals surface area contributed by atoms with E-state index in [0.29, 0.717) is 41.0 Å². The zero-order valence-electron chi connectivity index (χ0n) is 24.5. The molecule has 0 aliphatic heterocycles. The lowest BCUT2D eigenvalue weighted by Gasteiger charge is -2.25. The van der Waals surface area contributed by atoms with E-state index < -0.39 is 22.5 Å². The minimum Gasteiger partial charge on any atom is -0.490 e. The normalized spacial score (nSPS) is 11.4. The number of nitrogens with zero attached hydrogens (tertiary/aromatic N) is 2. The highest BCUT2D eigenvalue weighted by atomic mass is 35.5. The zero-order valence-corrected chi connectivity index (χ0v) is 26.1. The van der Waals surface area contributed by atoms with Gasteiger partial charge in [0.2, 0.25) is 0 Å². The summed E-state index contributed by atoms with van der Waals surface area (Å²) in [6.07, 6.45) is 1.46. The second-order valence-electron chi connectivity index (χ2n) is 9.96. The van der Waals surface area contributed by atoms with Crippen LogP contribution in [0, 0.1) is 20.8 Å². The van der Waals surface area contributed by atoms with Crippen molar-refractivity contribution >= 4 is 39.4 Å². The van der Waals surface area contributed by atoms with E-state index >= 15 is 0 Å². The molecule has 0 aromatic heterocycles. The van der Waals surface area contributed by atoms with Crippen LogP contribution in [0.3, 0.4) is 0 Å². The number of hydrogen-bond acceptors (Lipinski definition) is 6. The van der Waals surface area contributed by atoms with Gasteiger partial charge in [0.1, 0.15) is 13.2 Å². The Hall–Kier alpha value is -4.34. The molecule has 0 unspecified atom stereocenters. The summed E-state index contributed by atoms with van der Waals surface area (Å²) in [5.74, 6) is 0.487. The summed E-state index contributed by atoms with van der Waals surface area (Å²) in [6, 6.07) is 24.7. The number of benzene rings is 4. The second-order valence-corrected chi connectivity index (χ2v) is 12.3. The maximum absolute atomic E-state index is 13.7. The third-order valence-electron chi connectivity index (χ3n) is 6.51. The van der Waals surface area contributed by atoms with Crippen molar-refractivity contribution in [3.63, 3.8) is 0 Å². The zero-order chi connectivity index (χ0) is 31.0. The Morgan fingerprint density at radius 2 is 1.58 bits per heavy atom. The first-order chi connectivity index (χ1) is 20.6. The van der Waals surface area contributed by atoms with Crippen molar-refractivity contribution in [3.8, 4) is 11.5 Å². The van der Waals surface area contributed by atoms with E-state index in [0.717, 1.165) is 26.6 Å². The highest BCUT2D eigenvalue weighted by Crippen LogP contribution is 2.30. The number of carbonyl (C=O) groups excluding carboxylic acids is 1. The summed E-state index contributed by atoms with van der Waals surface area (Å²) in [6.45, 7) is 7.73. The highest BCUT2D eigenvalue weighted by Gasteiger charge is 2.28. The number of hydrogen-bond donors (Lipinski definition) is 1. The molecule has 1 N–H and O–H groups in total. The van der Waals surface area contributed by atoms with E-state index in [1.165, 1.54) is 18.3 Å². The van der Waals surface area contributed by atoms with Crippen LogP contribution < -0.4 is 19.2 Å². The number of aryl methyl sites for hydroxylation is 3. The van der Waals surface area contributed by atoms with Crippen LogP contribution in [-0.4, -0.2) is 33.7 Å². The van der Waals surface area contributed by atoms with Crippen LogP contribution in [0.25, 0.3) is 0 Å². The van der Waals surface area contributed by atoms with E-state index in [2.05, 4.69) is 10.5 Å². The van der Waals surface area contributed by atoms with Crippen molar-refractivity contribution in [1.29, 1.82) is 0 Å². The van der Waals surface area contributed by atoms with E-state index in [9.17, 15) is 13.2 Å². The van der Waals surface area contributed by atoms with Crippen LogP contribution >= 0.6 is 11.6 Å². The van der Waals surface area contributed by atoms with Gasteiger partial charge in [-0.05, 0) is 98.5 Å². The van der Waals surface area contributed by atoms with Gasteiger partial charge in [-0.3, -0.25) is 9.10 Å². The molecule has 4 aromatic rings. The number of anilines is 1. The molecule has 10 heteroatoms. The molecule has 0 heterocycles. The SMILES string of the molecule is CCOc1cc(/C=N\NC(=O)CN(c2cc(C)ccc2C)S(=O)(=O)c2ccc(C)cc2)ccc1OCc1ccc(Cl)cc1. The van der Waals surface area contributed by atoms with Gasteiger partial charge >= 0.3 is 0 Å². The minimum absolute atomic E-state index is 0.0946. The summed E-state index contributed by atoms with van der Waals surface area (Å²) in [7, 11) is -4.04. The quantitative estimate of drug-likeness (QED) is 0.143. The molecule has 1 amide bonds. The van der Waals surface area contributed by atoms with Crippen LogP contribution in [-0.2, 0) is 21.4 Å². The topological polar surface area (TPSA) is 97.3 Å². The lowest BCUT2D eigenvalue weighted by atomic mass is 10.1. The Labute approximate surface area is 258 Å². The molecule has 8 nitrogen and oxygen atoms in total. The Morgan fingerprint density at radius 3 is 2.28 bits per heavy atom. The van der Waals surface area contributed by atoms with Crippen LogP contribution in [0.4, 0.5) is 5.69 Å². The highest BCUT2D eigenvalue weighted by molar-refractivity contribution is 7.92. The molecule has 0 saturated heterocycles. The number of carbonyl (C=O) groups is 1. The molecular formula is C33H34ClN3O5S. The summed E-state index contributed by atoms with van der Waals surface area (Å²) in [5, 5.41) is 4.73. The van der Waals surface area contributed by atoms with Crippen molar-refractivity contribution in [2.45, 2.75) is 39.2 Å². The fraction of sp³-hybridized carbons (Fsp3) is 0.212. The van der Waals surface area contributed by atoms with Gasteiger partial charge in [0.15, 0.2) is 11.5 Å². The van der Waals surface area contributed by atoms with Crippen LogP contribution in [0.1, 0.15) is 34.7 Å². The Bertz CT molecular complexity index is 1710. The number of sulfonamides is 1. The molecule has 0 aliphatic rings. The van der Waals surface area contributed by atoms with E-state index in [1.54, 1.807) is 55.5 Å². The number of ether oxygens (including phenoxy) is 2. The van der Waals surface area contributed by atoms with Gasteiger partial charge in [-0.25, -0.2) is 13.8 Å². The Kier molecular flexibility index (Phi) is 10.4. The predicted octanol–water partition coefficient (Wildman–Crippen LogP) is 6.59. The van der Waals surface area contributed by atoms with Crippen LogP contribution in [0.5, 0.6) is 11.5 Å². The van der Waals surface area contributed by atoms with E-state index in [-0.39, 0.29) is 4.90 Å². The van der Waals surface area contributed by atoms with Crippen LogP contribution in [0.15, 0.2) is 94.9 Å². The molecule has 4 rings (SSSR count). The monoisotopic (exact) mass is 619 g/mol. The van der Waals surface area contributed by atoms with Gasteiger partial charge in [-0.15, -0.1) is 0 Å². The molecule has 4 aromatic carbocycles.